The predicted molar refractivity (Wildman–Crippen MR) is 70.0 cm³/mol. The lowest BCUT2D eigenvalue weighted by molar-refractivity contribution is -0.228. The van der Waals surface area contributed by atoms with Crippen LogP contribution in [0.1, 0.15) is 27.7 Å². The first-order valence-electron chi connectivity index (χ1n) is 6.07. The third-order valence-corrected chi connectivity index (χ3v) is 3.07. The van der Waals surface area contributed by atoms with Gasteiger partial charge in [0.05, 0.1) is 6.10 Å². The zero-order valence-corrected chi connectivity index (χ0v) is 12.6. The Labute approximate surface area is 122 Å². The summed E-state index contributed by atoms with van der Waals surface area (Å²) >= 11 is 4.17. The first-order valence-corrected chi connectivity index (χ1v) is 6.59. The first-order chi connectivity index (χ1) is 9.22. The minimum atomic E-state index is -0.966. The first kappa shape index (κ1) is 16.8. The van der Waals surface area contributed by atoms with Crippen molar-refractivity contribution in [3.05, 3.63) is 0 Å². The molecular formula is C12H18O7S. The molecule has 0 aromatic heterocycles. The van der Waals surface area contributed by atoms with E-state index in [0.717, 1.165) is 0 Å². The summed E-state index contributed by atoms with van der Waals surface area (Å²) < 4.78 is 20.8. The smallest absolute Gasteiger partial charge is 0.303 e. The highest BCUT2D eigenvalue weighted by atomic mass is 32.1. The fourth-order valence-corrected chi connectivity index (χ4v) is 2.41. The quantitative estimate of drug-likeness (QED) is 0.460. The zero-order chi connectivity index (χ0) is 15.4. The summed E-state index contributed by atoms with van der Waals surface area (Å²) in [5.74, 6) is -1.72. The maximum absolute atomic E-state index is 11.2. The van der Waals surface area contributed by atoms with Crippen LogP contribution in [0.15, 0.2) is 0 Å². The highest BCUT2D eigenvalue weighted by molar-refractivity contribution is 7.80. The molecular weight excluding hydrogens is 288 g/mol. The van der Waals surface area contributed by atoms with Gasteiger partial charge < -0.3 is 18.9 Å². The molecule has 0 radical (unpaired) electrons. The molecule has 8 heteroatoms. The van der Waals surface area contributed by atoms with Gasteiger partial charge in [-0.1, -0.05) is 0 Å². The fraction of sp³-hybridized carbons (Fsp3) is 0.750. The lowest BCUT2D eigenvalue weighted by atomic mass is 10.00. The number of esters is 3. The van der Waals surface area contributed by atoms with E-state index in [2.05, 4.69) is 12.6 Å². The van der Waals surface area contributed by atoms with Crippen molar-refractivity contribution >= 4 is 30.5 Å². The third-order valence-electron chi connectivity index (χ3n) is 2.65. The van der Waals surface area contributed by atoms with E-state index in [1.165, 1.54) is 20.8 Å². The lowest BCUT2D eigenvalue weighted by Crippen LogP contribution is -2.59. The molecule has 7 nitrogen and oxygen atoms in total. The van der Waals surface area contributed by atoms with Crippen molar-refractivity contribution in [3.8, 4) is 0 Å². The Morgan fingerprint density at radius 1 is 0.850 bits per heavy atom. The van der Waals surface area contributed by atoms with Gasteiger partial charge in [0.15, 0.2) is 18.3 Å². The Balaban J connectivity index is 3.01. The van der Waals surface area contributed by atoms with Crippen LogP contribution >= 0.6 is 12.6 Å². The molecule has 0 aliphatic carbocycles. The Bertz CT molecular complexity index is 369. The Hall–Kier alpha value is -1.28. The van der Waals surface area contributed by atoms with Gasteiger partial charge >= 0.3 is 17.9 Å². The third kappa shape index (κ3) is 4.38. The zero-order valence-electron chi connectivity index (χ0n) is 11.7. The van der Waals surface area contributed by atoms with Gasteiger partial charge in [-0.3, -0.25) is 14.4 Å². The minimum Gasteiger partial charge on any atom is -0.456 e. The second kappa shape index (κ2) is 6.94. The van der Waals surface area contributed by atoms with Crippen molar-refractivity contribution in [2.45, 2.75) is 57.5 Å². The SMILES string of the molecule is CC(=O)OC1C(OC(C)=O)[C@H](S)OC(C)[C@H]1OC(C)=O. The molecule has 1 rings (SSSR count). The van der Waals surface area contributed by atoms with Gasteiger partial charge in [0.2, 0.25) is 0 Å². The second-order valence-electron chi connectivity index (χ2n) is 4.45. The molecule has 20 heavy (non-hydrogen) atoms. The van der Waals surface area contributed by atoms with E-state index in [-0.39, 0.29) is 0 Å². The number of rotatable bonds is 3. The lowest BCUT2D eigenvalue weighted by Gasteiger charge is -2.42. The fourth-order valence-electron chi connectivity index (χ4n) is 1.99. The van der Waals surface area contributed by atoms with Gasteiger partial charge in [0, 0.05) is 20.8 Å². The molecule has 0 bridgehead atoms. The van der Waals surface area contributed by atoms with Crippen molar-refractivity contribution in [1.82, 2.24) is 0 Å². The van der Waals surface area contributed by atoms with E-state index >= 15 is 0 Å². The number of carbonyl (C=O) groups excluding carboxylic acids is 3. The van der Waals surface area contributed by atoms with E-state index in [1.807, 2.05) is 0 Å². The monoisotopic (exact) mass is 306 g/mol. The van der Waals surface area contributed by atoms with E-state index < -0.39 is 47.8 Å². The van der Waals surface area contributed by atoms with Crippen LogP contribution < -0.4 is 0 Å². The molecule has 0 spiro atoms. The Morgan fingerprint density at radius 3 is 1.70 bits per heavy atom. The molecule has 1 heterocycles. The number of carbonyl (C=O) groups is 3. The van der Waals surface area contributed by atoms with Crippen molar-refractivity contribution in [2.75, 3.05) is 0 Å². The molecule has 1 aliphatic rings. The molecule has 3 unspecified atom stereocenters. The van der Waals surface area contributed by atoms with Gasteiger partial charge in [0.1, 0.15) is 5.44 Å². The average molecular weight is 306 g/mol. The standard InChI is InChI=1S/C12H18O7S/c1-5-9(17-6(2)13)10(18-7(3)14)11(12(20)16-5)19-8(4)15/h5,9-12,20H,1-4H3/t5?,9-,10?,11?,12+/m1/s1. The van der Waals surface area contributed by atoms with Crippen molar-refractivity contribution < 1.29 is 33.3 Å². The summed E-state index contributed by atoms with van der Waals surface area (Å²) in [6.45, 7) is 5.30. The van der Waals surface area contributed by atoms with Crippen molar-refractivity contribution in [2.24, 2.45) is 0 Å². The van der Waals surface area contributed by atoms with Gasteiger partial charge in [-0.2, -0.15) is 0 Å². The average Bonchev–Trinajstić information content (AvgIpc) is 2.27. The molecule has 0 aromatic carbocycles. The van der Waals surface area contributed by atoms with Crippen LogP contribution in [0.2, 0.25) is 0 Å². The minimum absolute atomic E-state index is 0.554. The maximum Gasteiger partial charge on any atom is 0.303 e. The second-order valence-corrected chi connectivity index (χ2v) is 4.96. The van der Waals surface area contributed by atoms with Crippen molar-refractivity contribution in [1.29, 1.82) is 0 Å². The Morgan fingerprint density at radius 2 is 1.25 bits per heavy atom. The largest absolute Gasteiger partial charge is 0.456 e. The van der Waals surface area contributed by atoms with Crippen LogP contribution in [0.5, 0.6) is 0 Å². The van der Waals surface area contributed by atoms with E-state index in [9.17, 15) is 14.4 Å². The van der Waals surface area contributed by atoms with Crippen LogP contribution in [0.3, 0.4) is 0 Å². The predicted octanol–water partition coefficient (Wildman–Crippen LogP) is 0.456. The van der Waals surface area contributed by atoms with Crippen LogP contribution in [0, 0.1) is 0 Å². The Kier molecular flexibility index (Phi) is 5.82. The summed E-state index contributed by atoms with van der Waals surface area (Å²) in [7, 11) is 0. The highest BCUT2D eigenvalue weighted by Gasteiger charge is 2.49. The summed E-state index contributed by atoms with van der Waals surface area (Å²) in [4.78, 5) is 33.5. The van der Waals surface area contributed by atoms with Crippen molar-refractivity contribution in [3.63, 3.8) is 0 Å². The summed E-state index contributed by atoms with van der Waals surface area (Å²) in [5, 5.41) is 0. The molecule has 1 aliphatic heterocycles. The summed E-state index contributed by atoms with van der Waals surface area (Å²) in [6, 6.07) is 0. The normalized spacial score (nSPS) is 33.1. The van der Waals surface area contributed by atoms with Crippen LogP contribution in [-0.2, 0) is 33.3 Å². The van der Waals surface area contributed by atoms with Gasteiger partial charge in [-0.05, 0) is 6.92 Å². The van der Waals surface area contributed by atoms with Gasteiger partial charge in [-0.25, -0.2) is 0 Å². The number of hydrogen-bond acceptors (Lipinski definition) is 8. The number of hydrogen-bond donors (Lipinski definition) is 1. The molecule has 0 aromatic rings. The molecule has 0 N–H and O–H groups in total. The molecule has 0 amide bonds. The van der Waals surface area contributed by atoms with Crippen LogP contribution in [0.4, 0.5) is 0 Å². The summed E-state index contributed by atoms with van der Waals surface area (Å²) in [6.07, 6.45) is -3.35. The van der Waals surface area contributed by atoms with E-state index in [4.69, 9.17) is 18.9 Å². The molecule has 1 fully saturated rings. The maximum atomic E-state index is 11.2. The van der Waals surface area contributed by atoms with Crippen LogP contribution in [-0.4, -0.2) is 47.8 Å². The van der Waals surface area contributed by atoms with Gasteiger partial charge in [-0.15, -0.1) is 12.6 Å². The van der Waals surface area contributed by atoms with Gasteiger partial charge in [0.25, 0.3) is 0 Å². The molecule has 1 saturated heterocycles. The number of thiol groups is 1. The topological polar surface area (TPSA) is 88.1 Å². The van der Waals surface area contributed by atoms with E-state index in [0.29, 0.717) is 0 Å². The summed E-state index contributed by atoms with van der Waals surface area (Å²) in [5.41, 5.74) is -0.787. The molecule has 114 valence electrons. The van der Waals surface area contributed by atoms with E-state index in [1.54, 1.807) is 6.92 Å². The van der Waals surface area contributed by atoms with Crippen LogP contribution in [0.25, 0.3) is 0 Å². The molecule has 0 saturated carbocycles. The number of ether oxygens (including phenoxy) is 4. The highest BCUT2D eigenvalue weighted by Crippen LogP contribution is 2.29. The molecule has 5 atom stereocenters.